The van der Waals surface area contributed by atoms with E-state index in [0.717, 1.165) is 41.1 Å². The molecule has 3 aromatic rings. The minimum atomic E-state index is -0.0139. The van der Waals surface area contributed by atoms with Crippen LogP contribution in [0.4, 0.5) is 0 Å². The molecule has 148 valence electrons. The third kappa shape index (κ3) is 4.26. The van der Waals surface area contributed by atoms with E-state index in [-0.39, 0.29) is 11.8 Å². The van der Waals surface area contributed by atoms with Crippen LogP contribution in [0.2, 0.25) is 0 Å². The Morgan fingerprint density at radius 2 is 1.90 bits per heavy atom. The Labute approximate surface area is 177 Å². The molecule has 0 atom stereocenters. The summed E-state index contributed by atoms with van der Waals surface area (Å²) < 4.78 is 0. The number of aromatic nitrogens is 1. The molecule has 1 N–H and O–H groups in total. The molecule has 29 heavy (non-hydrogen) atoms. The molecule has 0 saturated heterocycles. The highest BCUT2D eigenvalue weighted by atomic mass is 32.1. The monoisotopic (exact) mass is 423 g/mol. The van der Waals surface area contributed by atoms with Crippen molar-refractivity contribution in [2.75, 3.05) is 0 Å². The Kier molecular flexibility index (Phi) is 4.93. The Morgan fingerprint density at radius 1 is 1.10 bits per heavy atom. The molecule has 2 aliphatic carbocycles. The molecule has 2 fully saturated rings. The first-order chi connectivity index (χ1) is 14.2. The molecule has 2 amide bonds. The molecule has 5 nitrogen and oxygen atoms in total. The lowest BCUT2D eigenvalue weighted by molar-refractivity contribution is 0.0734. The van der Waals surface area contributed by atoms with Gasteiger partial charge in [0.15, 0.2) is 0 Å². The first-order valence-electron chi connectivity index (χ1n) is 9.88. The highest BCUT2D eigenvalue weighted by Crippen LogP contribution is 2.33. The van der Waals surface area contributed by atoms with E-state index in [2.05, 4.69) is 10.3 Å². The van der Waals surface area contributed by atoms with Gasteiger partial charge in [0.1, 0.15) is 9.88 Å². The Hall–Kier alpha value is -2.51. The van der Waals surface area contributed by atoms with Gasteiger partial charge in [-0.2, -0.15) is 0 Å². The van der Waals surface area contributed by atoms with E-state index in [1.54, 1.807) is 17.5 Å². The number of amides is 2. The average Bonchev–Trinajstić information content (AvgIpc) is 3.63. The number of carbonyl (C=O) groups excluding carboxylic acids is 2. The molecule has 2 saturated carbocycles. The molecule has 0 bridgehead atoms. The number of nitrogens with one attached hydrogen (secondary N) is 1. The van der Waals surface area contributed by atoms with Crippen LogP contribution in [0, 0.1) is 0 Å². The van der Waals surface area contributed by atoms with E-state index in [1.165, 1.54) is 11.3 Å². The number of carbonyl (C=O) groups is 2. The summed E-state index contributed by atoms with van der Waals surface area (Å²) in [5.74, 6) is 0.0308. The van der Waals surface area contributed by atoms with Crippen molar-refractivity contribution in [2.24, 2.45) is 0 Å². The summed E-state index contributed by atoms with van der Waals surface area (Å²) >= 11 is 3.09. The van der Waals surface area contributed by atoms with Gasteiger partial charge in [0.2, 0.25) is 0 Å². The van der Waals surface area contributed by atoms with Gasteiger partial charge in [0.05, 0.1) is 11.1 Å². The summed E-state index contributed by atoms with van der Waals surface area (Å²) in [5.41, 5.74) is 1.71. The Morgan fingerprint density at radius 3 is 2.55 bits per heavy atom. The van der Waals surface area contributed by atoms with Crippen molar-refractivity contribution in [1.29, 1.82) is 0 Å². The van der Waals surface area contributed by atoms with Crippen molar-refractivity contribution in [3.8, 4) is 9.88 Å². The van der Waals surface area contributed by atoms with Crippen LogP contribution in [0.5, 0.6) is 0 Å². The average molecular weight is 424 g/mol. The largest absolute Gasteiger partial charge is 0.349 e. The molecule has 0 aliphatic heterocycles. The summed E-state index contributed by atoms with van der Waals surface area (Å²) in [7, 11) is 0. The minimum absolute atomic E-state index is 0.0139. The molecule has 0 spiro atoms. The topological polar surface area (TPSA) is 62.3 Å². The van der Waals surface area contributed by atoms with Gasteiger partial charge in [0.25, 0.3) is 11.8 Å². The molecular weight excluding hydrogens is 402 g/mol. The highest BCUT2D eigenvalue weighted by molar-refractivity contribution is 7.21. The van der Waals surface area contributed by atoms with Gasteiger partial charge in [-0.15, -0.1) is 22.7 Å². The molecule has 7 heteroatoms. The van der Waals surface area contributed by atoms with Crippen LogP contribution < -0.4 is 5.32 Å². The zero-order valence-corrected chi connectivity index (χ0v) is 17.5. The number of thiophene rings is 1. The van der Waals surface area contributed by atoms with E-state index < -0.39 is 0 Å². The van der Waals surface area contributed by atoms with Crippen LogP contribution in [-0.4, -0.2) is 33.8 Å². The van der Waals surface area contributed by atoms with Gasteiger partial charge >= 0.3 is 0 Å². The van der Waals surface area contributed by atoms with Crippen LogP contribution >= 0.6 is 22.7 Å². The van der Waals surface area contributed by atoms with E-state index in [0.29, 0.717) is 29.1 Å². The van der Waals surface area contributed by atoms with Gasteiger partial charge in [-0.3, -0.25) is 9.59 Å². The van der Waals surface area contributed by atoms with Crippen molar-refractivity contribution in [3.63, 3.8) is 0 Å². The second-order valence-corrected chi connectivity index (χ2v) is 9.59. The quantitative estimate of drug-likeness (QED) is 0.606. The fraction of sp³-hybridized carbons (Fsp3) is 0.318. The van der Waals surface area contributed by atoms with Crippen molar-refractivity contribution in [1.82, 2.24) is 15.2 Å². The lowest BCUT2D eigenvalue weighted by Gasteiger charge is -2.22. The second kappa shape index (κ2) is 7.72. The number of rotatable bonds is 7. The molecule has 0 unspecified atom stereocenters. The fourth-order valence-corrected chi connectivity index (χ4v) is 4.91. The van der Waals surface area contributed by atoms with Crippen molar-refractivity contribution < 1.29 is 9.59 Å². The van der Waals surface area contributed by atoms with Crippen molar-refractivity contribution >= 4 is 34.5 Å². The summed E-state index contributed by atoms with van der Waals surface area (Å²) in [6, 6.07) is 12.3. The lowest BCUT2D eigenvalue weighted by Crippen LogP contribution is -2.32. The van der Waals surface area contributed by atoms with Gasteiger partial charge in [-0.25, -0.2) is 4.98 Å². The lowest BCUT2D eigenvalue weighted by atomic mass is 10.1. The predicted octanol–water partition coefficient (Wildman–Crippen LogP) is 4.57. The summed E-state index contributed by atoms with van der Waals surface area (Å²) in [6.07, 6.45) is 5.94. The molecule has 1 aromatic carbocycles. The second-order valence-electron chi connectivity index (χ2n) is 7.62. The van der Waals surface area contributed by atoms with Gasteiger partial charge < -0.3 is 10.2 Å². The number of thiazole rings is 1. The zero-order chi connectivity index (χ0) is 19.8. The summed E-state index contributed by atoms with van der Waals surface area (Å²) in [5, 5.41) is 5.91. The first kappa shape index (κ1) is 18.5. The van der Waals surface area contributed by atoms with Crippen LogP contribution in [0.25, 0.3) is 9.88 Å². The van der Waals surface area contributed by atoms with Crippen LogP contribution in [0.1, 0.15) is 51.3 Å². The summed E-state index contributed by atoms with van der Waals surface area (Å²) in [6.45, 7) is 0.556. The molecule has 5 rings (SSSR count). The maximum absolute atomic E-state index is 13.2. The Bertz CT molecular complexity index is 1020. The predicted molar refractivity (Wildman–Crippen MR) is 115 cm³/mol. The first-order valence-corrected chi connectivity index (χ1v) is 11.6. The van der Waals surface area contributed by atoms with Gasteiger partial charge in [-0.05, 0) is 54.8 Å². The van der Waals surface area contributed by atoms with Gasteiger partial charge in [-0.1, -0.05) is 18.2 Å². The van der Waals surface area contributed by atoms with E-state index in [9.17, 15) is 9.59 Å². The van der Waals surface area contributed by atoms with Crippen LogP contribution in [0.15, 0.2) is 48.0 Å². The van der Waals surface area contributed by atoms with Crippen LogP contribution in [0.3, 0.4) is 0 Å². The zero-order valence-electron chi connectivity index (χ0n) is 15.8. The maximum atomic E-state index is 13.2. The molecule has 2 heterocycles. The maximum Gasteiger partial charge on any atom is 0.266 e. The van der Waals surface area contributed by atoms with Crippen molar-refractivity contribution in [2.45, 2.75) is 44.3 Å². The molecule has 2 aromatic heterocycles. The molecular formula is C22H21N3O2S2. The Balaban J connectivity index is 1.29. The van der Waals surface area contributed by atoms with Crippen LogP contribution in [-0.2, 0) is 6.54 Å². The minimum Gasteiger partial charge on any atom is -0.349 e. The third-order valence-corrected chi connectivity index (χ3v) is 7.20. The SMILES string of the molecule is O=C(NC1CC1)c1ccc(CN(C(=O)c2cnc(-c3cccs3)s2)C2CC2)cc1. The van der Waals surface area contributed by atoms with E-state index in [4.69, 9.17) is 0 Å². The fourth-order valence-electron chi connectivity index (χ4n) is 3.24. The van der Waals surface area contributed by atoms with E-state index >= 15 is 0 Å². The number of hydrogen-bond donors (Lipinski definition) is 1. The molecule has 0 radical (unpaired) electrons. The van der Waals surface area contributed by atoms with E-state index in [1.807, 2.05) is 46.7 Å². The summed E-state index contributed by atoms with van der Waals surface area (Å²) in [4.78, 5) is 33.5. The number of nitrogens with zero attached hydrogens (tertiary/aromatic N) is 2. The van der Waals surface area contributed by atoms with Crippen molar-refractivity contribution in [3.05, 3.63) is 64.0 Å². The highest BCUT2D eigenvalue weighted by Gasteiger charge is 2.34. The third-order valence-electron chi connectivity index (χ3n) is 5.18. The molecule has 2 aliphatic rings. The van der Waals surface area contributed by atoms with Gasteiger partial charge in [0, 0.05) is 24.2 Å². The normalized spacial score (nSPS) is 15.9. The number of benzene rings is 1. The standard InChI is InChI=1S/C22H21N3O2S2/c26-20(24-16-7-8-16)15-5-3-14(4-6-15)13-25(17-9-10-17)22(27)19-12-23-21(29-19)18-2-1-11-28-18/h1-6,11-12,16-17H,7-10,13H2,(H,24,26). The smallest absolute Gasteiger partial charge is 0.266 e. The number of hydrogen-bond acceptors (Lipinski definition) is 5.